The van der Waals surface area contributed by atoms with Crippen molar-refractivity contribution in [1.82, 2.24) is 5.32 Å². The fraction of sp³-hybridized carbons (Fsp3) is 0.333. The van der Waals surface area contributed by atoms with Gasteiger partial charge in [-0.1, -0.05) is 17.7 Å². The van der Waals surface area contributed by atoms with Gasteiger partial charge in [0, 0.05) is 10.6 Å². The van der Waals surface area contributed by atoms with E-state index < -0.39 is 11.6 Å². The average Bonchev–Trinajstić information content (AvgIpc) is 2.13. The molecule has 0 radical (unpaired) electrons. The van der Waals surface area contributed by atoms with Crippen LogP contribution in [0.15, 0.2) is 24.3 Å². The van der Waals surface area contributed by atoms with Crippen molar-refractivity contribution < 1.29 is 9.59 Å². The minimum absolute atomic E-state index is 0.221. The molecule has 1 fully saturated rings. The Morgan fingerprint density at radius 2 is 2.06 bits per heavy atom. The van der Waals surface area contributed by atoms with Crippen LogP contribution < -0.4 is 10.2 Å². The summed E-state index contributed by atoms with van der Waals surface area (Å²) in [5.41, 5.74) is -0.000951. The first-order chi connectivity index (χ1) is 7.89. The van der Waals surface area contributed by atoms with Crippen molar-refractivity contribution in [3.63, 3.8) is 0 Å². The van der Waals surface area contributed by atoms with Crippen molar-refractivity contribution in [3.05, 3.63) is 29.3 Å². The lowest BCUT2D eigenvalue weighted by Gasteiger charge is -2.36. The summed E-state index contributed by atoms with van der Waals surface area (Å²) >= 11 is 5.85. The first-order valence-electron chi connectivity index (χ1n) is 5.30. The Kier molecular flexibility index (Phi) is 2.83. The highest BCUT2D eigenvalue weighted by atomic mass is 35.5. The zero-order valence-electron chi connectivity index (χ0n) is 9.66. The van der Waals surface area contributed by atoms with Crippen LogP contribution in [0.3, 0.4) is 0 Å². The Morgan fingerprint density at radius 1 is 1.35 bits per heavy atom. The van der Waals surface area contributed by atoms with E-state index in [-0.39, 0.29) is 12.3 Å². The number of nitrogens with zero attached hydrogens (tertiary/aromatic N) is 1. The van der Waals surface area contributed by atoms with Gasteiger partial charge in [0.05, 0.1) is 12.1 Å². The molecule has 0 saturated carbocycles. The minimum Gasteiger partial charge on any atom is -0.332 e. The highest BCUT2D eigenvalue weighted by molar-refractivity contribution is 6.31. The molecule has 1 aromatic carbocycles. The smallest absolute Gasteiger partial charge is 0.329 e. The molecule has 5 heteroatoms. The van der Waals surface area contributed by atoms with Crippen LogP contribution in [0.25, 0.3) is 0 Å². The quantitative estimate of drug-likeness (QED) is 0.835. The molecule has 0 aromatic heterocycles. The summed E-state index contributed by atoms with van der Waals surface area (Å²) in [6, 6.07) is 6.27. The molecule has 1 saturated heterocycles. The molecular weight excluding hydrogens is 240 g/mol. The van der Waals surface area contributed by atoms with Crippen LogP contribution >= 0.6 is 11.6 Å². The number of urea groups is 1. The van der Waals surface area contributed by atoms with Gasteiger partial charge in [0.1, 0.15) is 0 Å². The number of carbonyl (C=O) groups excluding carboxylic acids is 2. The number of hydrogen-bond acceptors (Lipinski definition) is 2. The third-order valence-electron chi connectivity index (χ3n) is 2.56. The van der Waals surface area contributed by atoms with Gasteiger partial charge in [-0.3, -0.25) is 4.79 Å². The summed E-state index contributed by atoms with van der Waals surface area (Å²) in [4.78, 5) is 25.0. The van der Waals surface area contributed by atoms with Crippen LogP contribution in [0.5, 0.6) is 0 Å². The molecule has 3 amide bonds. The topological polar surface area (TPSA) is 49.4 Å². The van der Waals surface area contributed by atoms with Gasteiger partial charge in [0.25, 0.3) is 0 Å². The molecule has 1 aliphatic heterocycles. The maximum absolute atomic E-state index is 12.0. The summed E-state index contributed by atoms with van der Waals surface area (Å²) in [5, 5.41) is 3.27. The molecule has 1 heterocycles. The van der Waals surface area contributed by atoms with E-state index >= 15 is 0 Å². The Hall–Kier alpha value is -1.55. The predicted octanol–water partition coefficient (Wildman–Crippen LogP) is 2.56. The molecule has 2 rings (SSSR count). The largest absolute Gasteiger partial charge is 0.332 e. The summed E-state index contributed by atoms with van der Waals surface area (Å²) < 4.78 is 0. The van der Waals surface area contributed by atoms with Crippen LogP contribution in [0, 0.1) is 0 Å². The van der Waals surface area contributed by atoms with Crippen molar-refractivity contribution in [2.24, 2.45) is 0 Å². The van der Waals surface area contributed by atoms with E-state index in [1.54, 1.807) is 24.3 Å². The van der Waals surface area contributed by atoms with Crippen LogP contribution in [-0.4, -0.2) is 17.5 Å². The molecule has 0 aliphatic carbocycles. The number of halogens is 1. The Morgan fingerprint density at radius 3 is 2.65 bits per heavy atom. The Labute approximate surface area is 105 Å². The summed E-state index contributed by atoms with van der Waals surface area (Å²) in [6.07, 6.45) is 0.269. The number of amides is 3. The van der Waals surface area contributed by atoms with Crippen LogP contribution in [-0.2, 0) is 4.79 Å². The standard InChI is InChI=1S/C12H13ClN2O2/c1-12(2)7-10(16)15(11(17)14-12)9-5-3-4-8(13)6-9/h3-6H,7H2,1-2H3,(H,14,17). The third-order valence-corrected chi connectivity index (χ3v) is 2.79. The maximum Gasteiger partial charge on any atom is 0.329 e. The van der Waals surface area contributed by atoms with Gasteiger partial charge in [-0.25, -0.2) is 9.69 Å². The minimum atomic E-state index is -0.497. The fourth-order valence-electron chi connectivity index (χ4n) is 1.84. The second-order valence-electron chi connectivity index (χ2n) is 4.70. The van der Waals surface area contributed by atoms with E-state index in [0.717, 1.165) is 4.90 Å². The van der Waals surface area contributed by atoms with E-state index in [1.807, 2.05) is 13.8 Å². The third kappa shape index (κ3) is 2.42. The fourth-order valence-corrected chi connectivity index (χ4v) is 2.02. The normalized spacial score (nSPS) is 19.1. The Balaban J connectivity index is 2.34. The van der Waals surface area contributed by atoms with E-state index in [9.17, 15) is 9.59 Å². The van der Waals surface area contributed by atoms with E-state index in [1.165, 1.54) is 0 Å². The van der Waals surface area contributed by atoms with E-state index in [4.69, 9.17) is 11.6 Å². The molecule has 1 aromatic rings. The first kappa shape index (κ1) is 11.9. The highest BCUT2D eigenvalue weighted by Gasteiger charge is 2.37. The molecule has 0 atom stereocenters. The maximum atomic E-state index is 12.0. The average molecular weight is 253 g/mol. The van der Waals surface area contributed by atoms with Gasteiger partial charge < -0.3 is 5.32 Å². The molecule has 0 bridgehead atoms. The number of rotatable bonds is 1. The SMILES string of the molecule is CC1(C)CC(=O)N(c2cccc(Cl)c2)C(=O)N1. The van der Waals surface area contributed by atoms with E-state index in [2.05, 4.69) is 5.32 Å². The lowest BCUT2D eigenvalue weighted by molar-refractivity contribution is -0.119. The predicted molar refractivity (Wildman–Crippen MR) is 66.2 cm³/mol. The second-order valence-corrected chi connectivity index (χ2v) is 5.14. The monoisotopic (exact) mass is 252 g/mol. The number of nitrogens with one attached hydrogen (secondary N) is 1. The first-order valence-corrected chi connectivity index (χ1v) is 5.67. The van der Waals surface area contributed by atoms with Gasteiger partial charge in [-0.15, -0.1) is 0 Å². The Bertz CT molecular complexity index is 465. The number of imide groups is 1. The molecule has 90 valence electrons. The number of benzene rings is 1. The molecule has 4 nitrogen and oxygen atoms in total. The molecule has 1 aliphatic rings. The zero-order valence-corrected chi connectivity index (χ0v) is 10.4. The summed E-state index contributed by atoms with van der Waals surface area (Å²) in [7, 11) is 0. The van der Waals surface area contributed by atoms with E-state index in [0.29, 0.717) is 10.7 Å². The van der Waals surface area contributed by atoms with Gasteiger partial charge in [-0.2, -0.15) is 0 Å². The molecule has 17 heavy (non-hydrogen) atoms. The number of carbonyl (C=O) groups is 2. The number of hydrogen-bond donors (Lipinski definition) is 1. The lowest BCUT2D eigenvalue weighted by Crippen LogP contribution is -2.59. The molecular formula is C12H13ClN2O2. The van der Waals surface area contributed by atoms with Crippen LogP contribution in [0.2, 0.25) is 5.02 Å². The molecule has 0 spiro atoms. The van der Waals surface area contributed by atoms with Gasteiger partial charge in [0.15, 0.2) is 0 Å². The molecule has 1 N–H and O–H groups in total. The summed E-state index contributed by atoms with van der Waals surface area (Å²) in [6.45, 7) is 3.64. The van der Waals surface area contributed by atoms with Gasteiger partial charge in [-0.05, 0) is 32.0 Å². The number of anilines is 1. The van der Waals surface area contributed by atoms with Crippen molar-refractivity contribution >= 4 is 29.2 Å². The van der Waals surface area contributed by atoms with Crippen molar-refractivity contribution in [2.45, 2.75) is 25.8 Å². The van der Waals surface area contributed by atoms with Crippen molar-refractivity contribution in [1.29, 1.82) is 0 Å². The summed E-state index contributed by atoms with van der Waals surface area (Å²) in [5.74, 6) is -0.221. The van der Waals surface area contributed by atoms with Crippen LogP contribution in [0.4, 0.5) is 10.5 Å². The van der Waals surface area contributed by atoms with Crippen molar-refractivity contribution in [3.8, 4) is 0 Å². The second kappa shape index (κ2) is 4.04. The molecule has 0 unspecified atom stereocenters. The van der Waals surface area contributed by atoms with Crippen LogP contribution in [0.1, 0.15) is 20.3 Å². The van der Waals surface area contributed by atoms with Gasteiger partial charge >= 0.3 is 6.03 Å². The zero-order chi connectivity index (χ0) is 12.6. The van der Waals surface area contributed by atoms with Crippen molar-refractivity contribution in [2.75, 3.05) is 4.90 Å². The lowest BCUT2D eigenvalue weighted by atomic mass is 9.97. The highest BCUT2D eigenvalue weighted by Crippen LogP contribution is 2.25. The van der Waals surface area contributed by atoms with Gasteiger partial charge in [0.2, 0.25) is 5.91 Å².